The molecule has 1 fully saturated rings. The van der Waals surface area contributed by atoms with Gasteiger partial charge in [-0.3, -0.25) is 14.5 Å². The Balaban J connectivity index is 1.59. The summed E-state index contributed by atoms with van der Waals surface area (Å²) < 4.78 is 0. The highest BCUT2D eigenvalue weighted by Crippen LogP contribution is 2.24. The van der Waals surface area contributed by atoms with Gasteiger partial charge in [0.25, 0.3) is 0 Å². The van der Waals surface area contributed by atoms with Crippen LogP contribution in [-0.2, 0) is 9.59 Å². The van der Waals surface area contributed by atoms with E-state index in [0.29, 0.717) is 6.54 Å². The molecule has 1 aromatic carbocycles. The van der Waals surface area contributed by atoms with Crippen molar-refractivity contribution in [3.63, 3.8) is 0 Å². The molecule has 0 bridgehead atoms. The third kappa shape index (κ3) is 3.85. The van der Waals surface area contributed by atoms with Crippen LogP contribution in [-0.4, -0.2) is 53.3 Å². The van der Waals surface area contributed by atoms with Crippen molar-refractivity contribution in [3.8, 4) is 0 Å². The van der Waals surface area contributed by atoms with Crippen LogP contribution in [0.4, 0.5) is 0 Å². The first kappa shape index (κ1) is 17.5. The molecule has 2 heterocycles. The Bertz CT molecular complexity index is 729. The van der Waals surface area contributed by atoms with Crippen LogP contribution in [0.2, 0.25) is 0 Å². The molecule has 2 aromatic rings. The highest BCUT2D eigenvalue weighted by atomic mass is 16.2. The number of aromatic nitrogens is 1. The van der Waals surface area contributed by atoms with Gasteiger partial charge in [0, 0.05) is 24.2 Å². The Kier molecular flexibility index (Phi) is 5.08. The van der Waals surface area contributed by atoms with Crippen LogP contribution in [0.1, 0.15) is 31.5 Å². The zero-order chi connectivity index (χ0) is 18.0. The molecule has 25 heavy (non-hydrogen) atoms. The number of likely N-dealkylation sites (N-methyl/N-ethyl adjacent to an activating group) is 1. The fraction of sp³-hybridized carbons (Fsp3) is 0.474. The molecule has 0 radical (unpaired) electrons. The molecular formula is C19H26N4O2. The van der Waals surface area contributed by atoms with Crippen LogP contribution in [0, 0.1) is 5.92 Å². The van der Waals surface area contributed by atoms with E-state index in [4.69, 9.17) is 5.73 Å². The van der Waals surface area contributed by atoms with Gasteiger partial charge in [-0.1, -0.05) is 18.2 Å². The first-order valence-electron chi connectivity index (χ1n) is 8.80. The van der Waals surface area contributed by atoms with Gasteiger partial charge in [0.1, 0.15) is 0 Å². The zero-order valence-electron chi connectivity index (χ0n) is 14.9. The van der Waals surface area contributed by atoms with Crippen LogP contribution in [0.3, 0.4) is 0 Å². The molecule has 1 aliphatic heterocycles. The summed E-state index contributed by atoms with van der Waals surface area (Å²) in [4.78, 5) is 31.2. The molecule has 3 N–H and O–H groups in total. The fourth-order valence-corrected chi connectivity index (χ4v) is 3.42. The Morgan fingerprint density at radius 1 is 1.32 bits per heavy atom. The number of primary amides is 1. The summed E-state index contributed by atoms with van der Waals surface area (Å²) in [6.45, 7) is 3.90. The highest BCUT2D eigenvalue weighted by Gasteiger charge is 2.26. The van der Waals surface area contributed by atoms with E-state index in [0.717, 1.165) is 42.5 Å². The summed E-state index contributed by atoms with van der Waals surface area (Å²) in [5.74, 6) is -0.187. The average molecular weight is 342 g/mol. The van der Waals surface area contributed by atoms with Crippen LogP contribution in [0.5, 0.6) is 0 Å². The molecule has 1 aromatic heterocycles. The van der Waals surface area contributed by atoms with Crippen LogP contribution >= 0.6 is 0 Å². The number of nitrogens with zero attached hydrogens (tertiary/aromatic N) is 2. The number of nitrogens with two attached hydrogens (primary N) is 1. The minimum atomic E-state index is -0.226. The van der Waals surface area contributed by atoms with E-state index in [9.17, 15) is 9.59 Å². The Hall–Kier alpha value is -2.34. The number of fused-ring (bicyclic) bond motifs is 1. The summed E-state index contributed by atoms with van der Waals surface area (Å²) >= 11 is 0. The van der Waals surface area contributed by atoms with Crippen molar-refractivity contribution in [2.45, 2.75) is 25.8 Å². The van der Waals surface area contributed by atoms with Crippen LogP contribution in [0.15, 0.2) is 30.3 Å². The Labute approximate surface area is 148 Å². The van der Waals surface area contributed by atoms with Gasteiger partial charge in [-0.25, -0.2) is 0 Å². The van der Waals surface area contributed by atoms with E-state index in [1.54, 1.807) is 4.90 Å². The van der Waals surface area contributed by atoms with E-state index in [1.165, 1.54) is 0 Å². The molecule has 6 heteroatoms. The first-order valence-corrected chi connectivity index (χ1v) is 8.80. The van der Waals surface area contributed by atoms with Gasteiger partial charge in [-0.15, -0.1) is 0 Å². The quantitative estimate of drug-likeness (QED) is 0.870. The van der Waals surface area contributed by atoms with Crippen molar-refractivity contribution in [2.75, 3.05) is 26.7 Å². The second kappa shape index (κ2) is 7.27. The third-order valence-electron chi connectivity index (χ3n) is 5.32. The lowest BCUT2D eigenvalue weighted by Gasteiger charge is -2.32. The number of hydrogen-bond acceptors (Lipinski definition) is 3. The van der Waals surface area contributed by atoms with E-state index in [2.05, 4.69) is 22.0 Å². The Morgan fingerprint density at radius 3 is 2.64 bits per heavy atom. The number of piperidine rings is 1. The van der Waals surface area contributed by atoms with E-state index < -0.39 is 0 Å². The fourth-order valence-electron chi connectivity index (χ4n) is 3.42. The maximum Gasteiger partial charge on any atom is 0.237 e. The van der Waals surface area contributed by atoms with Gasteiger partial charge in [-0.2, -0.15) is 0 Å². The number of amides is 2. The monoisotopic (exact) mass is 342 g/mol. The van der Waals surface area contributed by atoms with Gasteiger partial charge in [0.15, 0.2) is 0 Å². The number of benzene rings is 1. The van der Waals surface area contributed by atoms with Crippen LogP contribution < -0.4 is 5.73 Å². The molecule has 1 aliphatic rings. The van der Waals surface area contributed by atoms with Crippen molar-refractivity contribution < 1.29 is 9.59 Å². The molecular weight excluding hydrogens is 316 g/mol. The summed E-state index contributed by atoms with van der Waals surface area (Å²) in [7, 11) is 1.84. The average Bonchev–Trinajstić information content (AvgIpc) is 3.05. The highest BCUT2D eigenvalue weighted by molar-refractivity contribution is 5.81. The normalized spacial score (nSPS) is 17.5. The van der Waals surface area contributed by atoms with Gasteiger partial charge in [0.05, 0.1) is 12.6 Å². The van der Waals surface area contributed by atoms with Gasteiger partial charge in [0.2, 0.25) is 11.8 Å². The number of rotatable bonds is 5. The smallest absolute Gasteiger partial charge is 0.237 e. The minimum Gasteiger partial charge on any atom is -0.369 e. The number of likely N-dealkylation sites (tertiary alicyclic amines) is 1. The lowest BCUT2D eigenvalue weighted by molar-refractivity contribution is -0.133. The molecule has 1 saturated heterocycles. The van der Waals surface area contributed by atoms with Crippen molar-refractivity contribution in [2.24, 2.45) is 11.7 Å². The summed E-state index contributed by atoms with van der Waals surface area (Å²) in [6, 6.07) is 10.2. The van der Waals surface area contributed by atoms with Crippen LogP contribution in [0.25, 0.3) is 10.9 Å². The predicted octanol–water partition coefficient (Wildman–Crippen LogP) is 1.88. The molecule has 3 rings (SSSR count). The number of hydrogen-bond donors (Lipinski definition) is 2. The lowest BCUT2D eigenvalue weighted by Crippen LogP contribution is -2.44. The van der Waals surface area contributed by atoms with Gasteiger partial charge in [-0.05, 0) is 50.4 Å². The van der Waals surface area contributed by atoms with Crippen molar-refractivity contribution >= 4 is 22.7 Å². The van der Waals surface area contributed by atoms with Gasteiger partial charge >= 0.3 is 0 Å². The number of H-pyrrole nitrogens is 1. The molecule has 6 nitrogen and oxygen atoms in total. The van der Waals surface area contributed by atoms with Crippen molar-refractivity contribution in [1.29, 1.82) is 0 Å². The summed E-state index contributed by atoms with van der Waals surface area (Å²) in [5, 5.41) is 1.15. The van der Waals surface area contributed by atoms with Gasteiger partial charge < -0.3 is 15.6 Å². The lowest BCUT2D eigenvalue weighted by atomic mass is 9.96. The third-order valence-corrected chi connectivity index (χ3v) is 5.32. The van der Waals surface area contributed by atoms with E-state index in [-0.39, 0.29) is 23.8 Å². The number of carbonyl (C=O) groups excluding carboxylic acids is 2. The maximum absolute atomic E-state index is 12.6. The number of nitrogens with one attached hydrogen (secondary N) is 1. The molecule has 0 aliphatic carbocycles. The predicted molar refractivity (Wildman–Crippen MR) is 97.8 cm³/mol. The Morgan fingerprint density at radius 2 is 2.00 bits per heavy atom. The summed E-state index contributed by atoms with van der Waals surface area (Å²) in [6.07, 6.45) is 1.48. The number of para-hydroxylation sites is 1. The maximum atomic E-state index is 12.6. The number of carbonyl (C=O) groups is 2. The zero-order valence-corrected chi connectivity index (χ0v) is 14.9. The molecule has 134 valence electrons. The minimum absolute atomic E-state index is 0.0249. The first-order chi connectivity index (χ1) is 12.0. The molecule has 2 amide bonds. The largest absolute Gasteiger partial charge is 0.369 e. The second-order valence-corrected chi connectivity index (χ2v) is 6.95. The SMILES string of the molecule is CC(c1cc2ccccc2[nH]1)N(C)C(=O)CN1CCC(C(N)=O)CC1. The topological polar surface area (TPSA) is 82.4 Å². The second-order valence-electron chi connectivity index (χ2n) is 6.95. The van der Waals surface area contributed by atoms with Crippen molar-refractivity contribution in [1.82, 2.24) is 14.8 Å². The van der Waals surface area contributed by atoms with E-state index >= 15 is 0 Å². The molecule has 0 saturated carbocycles. The number of aromatic amines is 1. The molecule has 0 spiro atoms. The standard InChI is InChI=1S/C19H26N4O2/c1-13(17-11-15-5-3-4-6-16(15)21-17)22(2)18(24)12-23-9-7-14(8-10-23)19(20)25/h3-6,11,13-14,21H,7-10,12H2,1-2H3,(H2,20,25). The summed E-state index contributed by atoms with van der Waals surface area (Å²) in [5.41, 5.74) is 7.48. The van der Waals surface area contributed by atoms with E-state index in [1.807, 2.05) is 32.2 Å². The molecule has 1 unspecified atom stereocenters. The molecule has 1 atom stereocenters. The van der Waals surface area contributed by atoms with Crippen molar-refractivity contribution in [3.05, 3.63) is 36.0 Å².